The quantitative estimate of drug-likeness (QED) is 0.840. The SMILES string of the molecule is CCC(C)C1C(=O)NC(CC)(CC)C(=O)N1C1CCOC1. The van der Waals surface area contributed by atoms with Crippen LogP contribution in [0.25, 0.3) is 0 Å². The zero-order chi connectivity index (χ0) is 15.6. The summed E-state index contributed by atoms with van der Waals surface area (Å²) in [4.78, 5) is 27.7. The lowest BCUT2D eigenvalue weighted by molar-refractivity contribution is -0.160. The van der Waals surface area contributed by atoms with E-state index in [1.807, 2.05) is 25.7 Å². The Kier molecular flexibility index (Phi) is 4.91. The lowest BCUT2D eigenvalue weighted by Crippen LogP contribution is -2.73. The number of piperazine rings is 1. The van der Waals surface area contributed by atoms with Crippen molar-refractivity contribution in [3.05, 3.63) is 0 Å². The average molecular weight is 296 g/mol. The molecule has 0 aromatic rings. The molecule has 0 aliphatic carbocycles. The number of amides is 2. The van der Waals surface area contributed by atoms with E-state index in [1.165, 1.54) is 0 Å². The standard InChI is InChI=1S/C16H28N2O3/c1-5-11(4)13-14(19)17-16(6-2,7-3)15(20)18(13)12-8-9-21-10-12/h11-13H,5-10H2,1-4H3,(H,17,19). The Labute approximate surface area is 127 Å². The molecule has 3 unspecified atom stereocenters. The second-order valence-corrected chi connectivity index (χ2v) is 6.34. The minimum absolute atomic E-state index is 0.000417. The Morgan fingerprint density at radius 2 is 2.00 bits per heavy atom. The molecule has 2 aliphatic heterocycles. The minimum Gasteiger partial charge on any atom is -0.379 e. The molecule has 2 fully saturated rings. The number of hydrogen-bond acceptors (Lipinski definition) is 3. The van der Waals surface area contributed by atoms with E-state index in [0.717, 1.165) is 12.8 Å². The predicted molar refractivity (Wildman–Crippen MR) is 80.8 cm³/mol. The van der Waals surface area contributed by atoms with E-state index < -0.39 is 5.54 Å². The highest BCUT2D eigenvalue weighted by molar-refractivity contribution is 6.00. The van der Waals surface area contributed by atoms with Gasteiger partial charge in [0.15, 0.2) is 0 Å². The maximum absolute atomic E-state index is 13.1. The third-order valence-electron chi connectivity index (χ3n) is 5.26. The fourth-order valence-corrected chi connectivity index (χ4v) is 3.48. The number of carbonyl (C=O) groups is 2. The first-order valence-electron chi connectivity index (χ1n) is 8.23. The Morgan fingerprint density at radius 3 is 2.48 bits per heavy atom. The second kappa shape index (κ2) is 6.34. The van der Waals surface area contributed by atoms with Crippen LogP contribution in [0.4, 0.5) is 0 Å². The summed E-state index contributed by atoms with van der Waals surface area (Å²) in [6, 6.07) is -0.319. The van der Waals surface area contributed by atoms with E-state index in [9.17, 15) is 9.59 Å². The summed E-state index contributed by atoms with van der Waals surface area (Å²) in [7, 11) is 0. The summed E-state index contributed by atoms with van der Waals surface area (Å²) in [5, 5.41) is 3.03. The molecular formula is C16H28N2O3. The van der Waals surface area contributed by atoms with Crippen molar-refractivity contribution in [3.8, 4) is 0 Å². The van der Waals surface area contributed by atoms with Crippen LogP contribution in [-0.4, -0.2) is 47.6 Å². The van der Waals surface area contributed by atoms with Gasteiger partial charge in [0, 0.05) is 6.61 Å². The number of nitrogens with zero attached hydrogens (tertiary/aromatic N) is 1. The molecule has 1 N–H and O–H groups in total. The zero-order valence-corrected chi connectivity index (χ0v) is 13.6. The van der Waals surface area contributed by atoms with Gasteiger partial charge in [-0.15, -0.1) is 0 Å². The summed E-state index contributed by atoms with van der Waals surface area (Å²) >= 11 is 0. The fraction of sp³-hybridized carbons (Fsp3) is 0.875. The molecule has 2 amide bonds. The topological polar surface area (TPSA) is 58.6 Å². The van der Waals surface area contributed by atoms with Crippen LogP contribution in [0.5, 0.6) is 0 Å². The molecule has 0 spiro atoms. The van der Waals surface area contributed by atoms with Crippen molar-refractivity contribution in [1.29, 1.82) is 0 Å². The number of hydrogen-bond donors (Lipinski definition) is 1. The highest BCUT2D eigenvalue weighted by Gasteiger charge is 2.52. The molecule has 0 aromatic carbocycles. The first-order chi connectivity index (χ1) is 10.0. The average Bonchev–Trinajstić information content (AvgIpc) is 3.02. The van der Waals surface area contributed by atoms with Crippen LogP contribution in [0.2, 0.25) is 0 Å². The molecule has 21 heavy (non-hydrogen) atoms. The predicted octanol–water partition coefficient (Wildman–Crippen LogP) is 1.71. The molecule has 5 heteroatoms. The van der Waals surface area contributed by atoms with Gasteiger partial charge in [0.25, 0.3) is 0 Å². The molecular weight excluding hydrogens is 268 g/mol. The summed E-state index contributed by atoms with van der Waals surface area (Å²) < 4.78 is 5.47. The van der Waals surface area contributed by atoms with Crippen molar-refractivity contribution in [2.75, 3.05) is 13.2 Å². The van der Waals surface area contributed by atoms with Crippen molar-refractivity contribution in [2.45, 2.75) is 71.0 Å². The zero-order valence-electron chi connectivity index (χ0n) is 13.6. The van der Waals surface area contributed by atoms with Gasteiger partial charge in [-0.2, -0.15) is 0 Å². The molecule has 5 nitrogen and oxygen atoms in total. The fourth-order valence-electron chi connectivity index (χ4n) is 3.48. The Balaban J connectivity index is 2.38. The highest BCUT2D eigenvalue weighted by atomic mass is 16.5. The molecule has 3 atom stereocenters. The Hall–Kier alpha value is -1.10. The third-order valence-corrected chi connectivity index (χ3v) is 5.26. The number of nitrogens with one attached hydrogen (secondary N) is 1. The van der Waals surface area contributed by atoms with E-state index in [0.29, 0.717) is 26.1 Å². The van der Waals surface area contributed by atoms with E-state index in [4.69, 9.17) is 4.74 Å². The van der Waals surface area contributed by atoms with Crippen LogP contribution >= 0.6 is 0 Å². The normalized spacial score (nSPS) is 30.4. The summed E-state index contributed by atoms with van der Waals surface area (Å²) in [5.41, 5.74) is -0.733. The Bertz CT molecular complexity index is 400. The largest absolute Gasteiger partial charge is 0.379 e. The van der Waals surface area contributed by atoms with Crippen LogP contribution in [0.1, 0.15) is 53.4 Å². The van der Waals surface area contributed by atoms with Gasteiger partial charge in [0.1, 0.15) is 11.6 Å². The summed E-state index contributed by atoms with van der Waals surface area (Å²) in [5.74, 6) is 0.230. The van der Waals surface area contributed by atoms with Gasteiger partial charge in [0.05, 0.1) is 12.6 Å². The van der Waals surface area contributed by atoms with Gasteiger partial charge in [-0.1, -0.05) is 34.1 Å². The molecule has 0 aromatic heterocycles. The highest BCUT2D eigenvalue weighted by Crippen LogP contribution is 2.32. The van der Waals surface area contributed by atoms with Gasteiger partial charge >= 0.3 is 0 Å². The monoisotopic (exact) mass is 296 g/mol. The van der Waals surface area contributed by atoms with Gasteiger partial charge in [-0.3, -0.25) is 9.59 Å². The Morgan fingerprint density at radius 1 is 1.33 bits per heavy atom. The van der Waals surface area contributed by atoms with Gasteiger partial charge in [-0.25, -0.2) is 0 Å². The van der Waals surface area contributed by atoms with Crippen LogP contribution < -0.4 is 5.32 Å². The maximum Gasteiger partial charge on any atom is 0.249 e. The molecule has 2 rings (SSSR count). The van der Waals surface area contributed by atoms with Gasteiger partial charge in [0.2, 0.25) is 11.8 Å². The summed E-state index contributed by atoms with van der Waals surface area (Å²) in [6.45, 7) is 9.27. The third kappa shape index (κ3) is 2.68. The van der Waals surface area contributed by atoms with Crippen molar-refractivity contribution < 1.29 is 14.3 Å². The summed E-state index contributed by atoms with van der Waals surface area (Å²) in [6.07, 6.45) is 2.97. The van der Waals surface area contributed by atoms with Crippen molar-refractivity contribution in [3.63, 3.8) is 0 Å². The van der Waals surface area contributed by atoms with Crippen LogP contribution in [0.3, 0.4) is 0 Å². The molecule has 0 bridgehead atoms. The molecule has 2 heterocycles. The van der Waals surface area contributed by atoms with Crippen LogP contribution in [0, 0.1) is 5.92 Å². The first-order valence-corrected chi connectivity index (χ1v) is 8.23. The van der Waals surface area contributed by atoms with E-state index in [2.05, 4.69) is 12.2 Å². The first kappa shape index (κ1) is 16.3. The molecule has 0 radical (unpaired) electrons. The number of rotatable bonds is 5. The van der Waals surface area contributed by atoms with Crippen LogP contribution in [-0.2, 0) is 14.3 Å². The smallest absolute Gasteiger partial charge is 0.249 e. The van der Waals surface area contributed by atoms with E-state index in [-0.39, 0.29) is 29.8 Å². The van der Waals surface area contributed by atoms with Gasteiger partial charge < -0.3 is 15.0 Å². The van der Waals surface area contributed by atoms with E-state index >= 15 is 0 Å². The minimum atomic E-state index is -0.733. The molecule has 0 saturated carbocycles. The lowest BCUT2D eigenvalue weighted by Gasteiger charge is -2.49. The van der Waals surface area contributed by atoms with Crippen molar-refractivity contribution in [1.82, 2.24) is 10.2 Å². The lowest BCUT2D eigenvalue weighted by atomic mass is 9.83. The van der Waals surface area contributed by atoms with Gasteiger partial charge in [-0.05, 0) is 25.2 Å². The maximum atomic E-state index is 13.1. The molecule has 120 valence electrons. The molecule has 2 aliphatic rings. The van der Waals surface area contributed by atoms with Crippen LogP contribution in [0.15, 0.2) is 0 Å². The van der Waals surface area contributed by atoms with E-state index in [1.54, 1.807) is 0 Å². The number of ether oxygens (including phenoxy) is 1. The van der Waals surface area contributed by atoms with Crippen molar-refractivity contribution >= 4 is 11.8 Å². The second-order valence-electron chi connectivity index (χ2n) is 6.34. The molecule has 2 saturated heterocycles. The number of carbonyl (C=O) groups excluding carboxylic acids is 2. The van der Waals surface area contributed by atoms with Crippen molar-refractivity contribution in [2.24, 2.45) is 5.92 Å².